The van der Waals surface area contributed by atoms with Crippen LogP contribution < -0.4 is 5.14 Å². The van der Waals surface area contributed by atoms with E-state index in [2.05, 4.69) is 130 Å². The van der Waals surface area contributed by atoms with Crippen LogP contribution in [0.25, 0.3) is 0 Å². The van der Waals surface area contributed by atoms with Crippen molar-refractivity contribution in [2.45, 2.75) is 207 Å². The molecular formula is C53H95N3O9S3Si3. The molecule has 12 nitrogen and oxygen atoms in total. The summed E-state index contributed by atoms with van der Waals surface area (Å²) < 4.78 is 65.9. The van der Waals surface area contributed by atoms with E-state index in [-0.39, 0.29) is 55.1 Å². The topological polar surface area (TPSA) is 177 Å². The van der Waals surface area contributed by atoms with Crippen molar-refractivity contribution in [2.24, 2.45) is 28.8 Å². The van der Waals surface area contributed by atoms with E-state index in [1.807, 2.05) is 6.92 Å². The van der Waals surface area contributed by atoms with Gasteiger partial charge in [-0.1, -0.05) is 91.0 Å². The largest absolute Gasteiger partial charge is 0.432 e. The van der Waals surface area contributed by atoms with Gasteiger partial charge in [-0.05, 0) is 167 Å². The number of sulfonamides is 2. The van der Waals surface area contributed by atoms with Crippen LogP contribution in [-0.4, -0.2) is 106 Å². The molecule has 71 heavy (non-hydrogen) atoms. The second-order valence-corrected chi connectivity index (χ2v) is 43.5. The fourth-order valence-corrected chi connectivity index (χ4v) is 17.7. The molecule has 1 aromatic carbocycles. The Hall–Kier alpha value is -1.56. The highest BCUT2D eigenvalue weighted by molar-refractivity contribution is 7.94. The average molecular weight is 1100 g/mol. The molecule has 1 saturated carbocycles. The number of fused-ring (bicyclic) bond motifs is 1. The van der Waals surface area contributed by atoms with Gasteiger partial charge in [-0.2, -0.15) is 4.31 Å². The van der Waals surface area contributed by atoms with Crippen molar-refractivity contribution in [3.05, 3.63) is 59.7 Å². The van der Waals surface area contributed by atoms with Gasteiger partial charge < -0.3 is 23.7 Å². The van der Waals surface area contributed by atoms with Crippen molar-refractivity contribution in [1.29, 1.82) is 0 Å². The number of primary sulfonamides is 1. The van der Waals surface area contributed by atoms with Crippen molar-refractivity contribution in [3.63, 3.8) is 0 Å². The minimum absolute atomic E-state index is 0.0160. The summed E-state index contributed by atoms with van der Waals surface area (Å²) in [5, 5.41) is 5.20. The number of aryl methyl sites for hydroxylation is 1. The molecule has 1 aliphatic carbocycles. The van der Waals surface area contributed by atoms with E-state index in [9.17, 15) is 31.2 Å². The Morgan fingerprint density at radius 3 is 2.06 bits per heavy atom. The Morgan fingerprint density at radius 1 is 0.930 bits per heavy atom. The lowest BCUT2D eigenvalue weighted by Gasteiger charge is -2.41. The second-order valence-electron chi connectivity index (χ2n) is 24.8. The average Bonchev–Trinajstić information content (AvgIpc) is 3.83. The highest BCUT2D eigenvalue weighted by atomic mass is 32.3. The summed E-state index contributed by atoms with van der Waals surface area (Å²) in [6.45, 7) is 31.8. The van der Waals surface area contributed by atoms with E-state index in [1.54, 1.807) is 12.0 Å². The molecule has 1 fully saturated rings. The SMILES string of the molecule is CCN(C(=O)CCC/C=C\C[C@H]1[C@@H](CC(C)(C)[Si](C)(C)O)CC(CC(C)(C)[Si](C)(C)O)[C@@H]1CC[C@@H](CCc1ccccc1)O[Si](C)(C)C(C)(C)C)C1CN(CCCOC)S(=O)(=O)c2sc(S(N)(=O)=O)cc21. The lowest BCUT2D eigenvalue weighted by atomic mass is 9.77. The molecule has 2 heterocycles. The maximum atomic E-state index is 14.1. The van der Waals surface area contributed by atoms with Gasteiger partial charge in [-0.25, -0.2) is 22.0 Å². The number of nitrogens with zero attached hydrogens (tertiary/aromatic N) is 2. The standard InChI is InChI=1S/C53H95N3O9S3Si3/c1-16-56(47-39-55(33-24-34-64-9)68(60,61)50-46(47)36-49(66-50)67(54,58)59)48(57)28-23-18-17-22-27-44-41(37-52(5,6)69(10,11)62)35-42(38-53(7,8)70(12,13)63)45(44)32-31-43(65-71(14,15)51(2,3)4)30-29-40-25-20-19-21-26-40/h17,19-22,25-26,36,41-45,47,62-63H,16,18,23-24,27-35,37-39H2,1-15H3,(H2,54,58,59)/b22-17-/t41-,42?,43-,44+,45+,47?/m1/s1. The molecule has 1 amide bonds. The third kappa shape index (κ3) is 16.2. The number of amides is 1. The summed E-state index contributed by atoms with van der Waals surface area (Å²) in [6, 6.07) is 11.4. The van der Waals surface area contributed by atoms with E-state index in [0.29, 0.717) is 73.0 Å². The number of carbonyl (C=O) groups excluding carboxylic acids is 1. The van der Waals surface area contributed by atoms with Crippen LogP contribution >= 0.6 is 11.3 Å². The van der Waals surface area contributed by atoms with Gasteiger partial charge in [0.25, 0.3) is 10.0 Å². The number of thiophene rings is 1. The molecule has 4 N–H and O–H groups in total. The van der Waals surface area contributed by atoms with Crippen molar-refractivity contribution in [2.75, 3.05) is 33.4 Å². The molecule has 0 spiro atoms. The van der Waals surface area contributed by atoms with Crippen molar-refractivity contribution in [1.82, 2.24) is 9.21 Å². The molecule has 2 aromatic rings. The zero-order chi connectivity index (χ0) is 53.6. The van der Waals surface area contributed by atoms with Gasteiger partial charge in [0.15, 0.2) is 25.0 Å². The van der Waals surface area contributed by atoms with E-state index in [4.69, 9.17) is 14.3 Å². The second kappa shape index (κ2) is 24.6. The molecule has 0 bridgehead atoms. The van der Waals surface area contributed by atoms with Crippen molar-refractivity contribution < 1.29 is 40.4 Å². The third-order valence-corrected chi connectivity index (χ3v) is 33.9. The first-order chi connectivity index (χ1) is 32.6. The first kappa shape index (κ1) is 62.0. The molecule has 6 atom stereocenters. The predicted octanol–water partition coefficient (Wildman–Crippen LogP) is 11.8. The summed E-state index contributed by atoms with van der Waals surface area (Å²) >= 11 is 0.643. The van der Waals surface area contributed by atoms with E-state index in [0.717, 1.165) is 51.4 Å². The maximum Gasteiger partial charge on any atom is 0.253 e. The highest BCUT2D eigenvalue weighted by Crippen LogP contribution is 2.58. The minimum atomic E-state index is -4.18. The van der Waals surface area contributed by atoms with Gasteiger partial charge in [0.2, 0.25) is 15.9 Å². The van der Waals surface area contributed by atoms with Gasteiger partial charge in [0.1, 0.15) is 8.42 Å². The first-order valence-corrected chi connectivity index (χ1v) is 38.9. The Labute approximate surface area is 438 Å². The van der Waals surface area contributed by atoms with Gasteiger partial charge in [-0.3, -0.25) is 4.79 Å². The van der Waals surface area contributed by atoms with Crippen LogP contribution in [0.1, 0.15) is 143 Å². The Kier molecular flexibility index (Phi) is 21.5. The van der Waals surface area contributed by atoms with E-state index >= 15 is 0 Å². The van der Waals surface area contributed by atoms with E-state index < -0.39 is 51.0 Å². The van der Waals surface area contributed by atoms with Crippen LogP contribution in [-0.2, 0) is 40.4 Å². The summed E-state index contributed by atoms with van der Waals surface area (Å²) in [6.07, 6.45) is 14.5. The molecular weight excluding hydrogens is 1000 g/mol. The number of carbonyl (C=O) groups is 1. The monoisotopic (exact) mass is 1100 g/mol. The highest BCUT2D eigenvalue weighted by Gasteiger charge is 2.51. The predicted molar refractivity (Wildman–Crippen MR) is 300 cm³/mol. The molecule has 406 valence electrons. The number of rotatable bonds is 27. The molecule has 1 aliphatic heterocycles. The van der Waals surface area contributed by atoms with Crippen molar-refractivity contribution in [3.8, 4) is 0 Å². The summed E-state index contributed by atoms with van der Waals surface area (Å²) in [7, 11) is -13.8. The number of hydrogen-bond donors (Lipinski definition) is 3. The molecule has 2 unspecified atom stereocenters. The van der Waals surface area contributed by atoms with Crippen LogP contribution in [0.5, 0.6) is 0 Å². The maximum absolute atomic E-state index is 14.1. The number of ether oxygens (including phenoxy) is 1. The number of benzene rings is 1. The normalized spacial score (nSPS) is 22.3. The van der Waals surface area contributed by atoms with Gasteiger partial charge >= 0.3 is 0 Å². The summed E-state index contributed by atoms with van der Waals surface area (Å²) in [5.74, 6) is 1.49. The molecule has 0 saturated heterocycles. The lowest BCUT2D eigenvalue weighted by molar-refractivity contribution is -0.134. The zero-order valence-electron chi connectivity index (χ0n) is 46.3. The van der Waals surface area contributed by atoms with Crippen LogP contribution in [0, 0.1) is 23.7 Å². The number of methoxy groups -OCH3 is 1. The molecule has 2 aliphatic rings. The molecule has 4 rings (SSSR count). The number of hydrogen-bond acceptors (Lipinski definition) is 10. The van der Waals surface area contributed by atoms with Gasteiger partial charge in [0, 0.05) is 51.4 Å². The zero-order valence-corrected chi connectivity index (χ0v) is 51.8. The number of likely N-dealkylation sites (N-methyl/N-ethyl adjacent to an activating group) is 1. The molecule has 0 radical (unpaired) electrons. The number of nitrogens with two attached hydrogens (primary N) is 1. The lowest BCUT2D eigenvalue weighted by Crippen LogP contribution is -2.47. The fourth-order valence-electron chi connectivity index (χ4n) is 10.5. The number of unbranched alkanes of at least 4 members (excludes halogenated alkanes) is 1. The van der Waals surface area contributed by atoms with E-state index in [1.165, 1.54) is 15.9 Å². The van der Waals surface area contributed by atoms with Crippen molar-refractivity contribution >= 4 is 62.2 Å². The fraction of sp³-hybridized carbons (Fsp3) is 0.755. The summed E-state index contributed by atoms with van der Waals surface area (Å²) in [4.78, 5) is 39.1. The van der Waals surface area contributed by atoms with Gasteiger partial charge in [-0.15, -0.1) is 11.3 Å². The van der Waals surface area contributed by atoms with Gasteiger partial charge in [0.05, 0.1) is 6.04 Å². The minimum Gasteiger partial charge on any atom is -0.432 e. The molecule has 18 heteroatoms. The Bertz CT molecular complexity index is 2290. The van der Waals surface area contributed by atoms with Crippen LogP contribution in [0.2, 0.25) is 54.4 Å². The Morgan fingerprint density at radius 2 is 1.52 bits per heavy atom. The molecule has 1 aromatic heterocycles. The first-order valence-electron chi connectivity index (χ1n) is 26.3. The smallest absolute Gasteiger partial charge is 0.253 e. The Balaban J connectivity index is 1.61. The van der Waals surface area contributed by atoms with Crippen LogP contribution in [0.3, 0.4) is 0 Å². The van der Waals surface area contributed by atoms with Crippen LogP contribution in [0.15, 0.2) is 57.0 Å². The third-order valence-electron chi connectivity index (χ3n) is 17.3. The summed E-state index contributed by atoms with van der Waals surface area (Å²) in [5.41, 5.74) is 1.63. The van der Waals surface area contributed by atoms with Crippen LogP contribution in [0.4, 0.5) is 0 Å². The number of allylic oxidation sites excluding steroid dienone is 2. The quantitative estimate of drug-likeness (QED) is 0.0446.